The minimum absolute atomic E-state index is 0.0188. The van der Waals surface area contributed by atoms with Crippen molar-refractivity contribution in [1.82, 2.24) is 20.2 Å². The van der Waals surface area contributed by atoms with Gasteiger partial charge in [0.15, 0.2) is 0 Å². The molecule has 2 aromatic rings. The van der Waals surface area contributed by atoms with Crippen LogP contribution in [-0.2, 0) is 0 Å². The van der Waals surface area contributed by atoms with Crippen LogP contribution in [0.1, 0.15) is 19.4 Å². The molecule has 28 heavy (non-hydrogen) atoms. The molecule has 1 saturated heterocycles. The van der Waals surface area contributed by atoms with Crippen molar-refractivity contribution in [3.8, 4) is 6.07 Å². The molecule has 0 bridgehead atoms. The van der Waals surface area contributed by atoms with Gasteiger partial charge < -0.3 is 20.5 Å². The molecule has 2 aromatic heterocycles. The summed E-state index contributed by atoms with van der Waals surface area (Å²) in [6.45, 7) is 3.22. The number of amides is 2. The first-order valence-electron chi connectivity index (χ1n) is 8.92. The largest absolute Gasteiger partial charge is 0.405 e. The molecule has 0 saturated carbocycles. The topological polar surface area (TPSA) is 96.8 Å². The summed E-state index contributed by atoms with van der Waals surface area (Å²) in [5.41, 5.74) is 1.61. The average Bonchev–Trinajstić information content (AvgIpc) is 3.26. The Hall–Kier alpha value is -2.96. The lowest BCUT2D eigenvalue weighted by atomic mass is 9.91. The molecule has 1 aliphatic rings. The number of pyridine rings is 1. The van der Waals surface area contributed by atoms with Crippen LogP contribution >= 0.6 is 0 Å². The SMILES string of the molecule is CC(C)[C@@H]1CN(C(=O)NCC(F)(F)F)CC1Nc1c(C#N)cnc2[nH]ccc12. The zero-order valence-electron chi connectivity index (χ0n) is 15.5. The summed E-state index contributed by atoms with van der Waals surface area (Å²) in [5, 5.41) is 15.5. The van der Waals surface area contributed by atoms with Crippen molar-refractivity contribution in [3.63, 3.8) is 0 Å². The van der Waals surface area contributed by atoms with Crippen LogP contribution in [0.5, 0.6) is 0 Å². The fourth-order valence-corrected chi connectivity index (χ4v) is 3.54. The zero-order valence-corrected chi connectivity index (χ0v) is 15.5. The summed E-state index contributed by atoms with van der Waals surface area (Å²) in [6, 6.07) is 2.97. The van der Waals surface area contributed by atoms with E-state index in [0.717, 1.165) is 5.39 Å². The number of urea groups is 1. The quantitative estimate of drug-likeness (QED) is 0.742. The van der Waals surface area contributed by atoms with Gasteiger partial charge in [-0.15, -0.1) is 0 Å². The van der Waals surface area contributed by atoms with E-state index < -0.39 is 18.8 Å². The standard InChI is InChI=1S/C18H21F3N6O/c1-10(2)13-7-27(17(28)25-9-18(19,20)21)8-14(13)26-15-11(5-22)6-24-16-12(15)3-4-23-16/h3-4,6,10,13-14H,7-9H2,1-2H3,(H,25,28)(H2,23,24,26)/t13-,14?/m0/s1. The van der Waals surface area contributed by atoms with Gasteiger partial charge in [0.25, 0.3) is 0 Å². The van der Waals surface area contributed by atoms with Crippen molar-refractivity contribution in [2.45, 2.75) is 26.1 Å². The fraction of sp³-hybridized carbons (Fsp3) is 0.500. The molecular weight excluding hydrogens is 373 g/mol. The van der Waals surface area contributed by atoms with E-state index in [0.29, 0.717) is 23.4 Å². The van der Waals surface area contributed by atoms with Crippen LogP contribution in [0.3, 0.4) is 0 Å². The van der Waals surface area contributed by atoms with Gasteiger partial charge in [0, 0.05) is 42.8 Å². The lowest BCUT2D eigenvalue weighted by Crippen LogP contribution is -2.43. The van der Waals surface area contributed by atoms with Crippen LogP contribution < -0.4 is 10.6 Å². The molecule has 3 heterocycles. The van der Waals surface area contributed by atoms with E-state index >= 15 is 0 Å². The number of likely N-dealkylation sites (tertiary alicyclic amines) is 1. The number of carbonyl (C=O) groups is 1. The summed E-state index contributed by atoms with van der Waals surface area (Å²) >= 11 is 0. The maximum Gasteiger partial charge on any atom is 0.405 e. The molecule has 150 valence electrons. The van der Waals surface area contributed by atoms with Gasteiger partial charge in [0.1, 0.15) is 18.3 Å². The highest BCUT2D eigenvalue weighted by atomic mass is 19.4. The highest BCUT2D eigenvalue weighted by Gasteiger charge is 2.38. The summed E-state index contributed by atoms with van der Waals surface area (Å²) < 4.78 is 37.2. The van der Waals surface area contributed by atoms with E-state index in [-0.39, 0.29) is 24.4 Å². The third kappa shape index (κ3) is 4.13. The number of nitriles is 1. The molecule has 0 radical (unpaired) electrons. The first-order chi connectivity index (χ1) is 13.2. The summed E-state index contributed by atoms with van der Waals surface area (Å²) in [6.07, 6.45) is -1.27. The molecule has 2 amide bonds. The molecular formula is C18H21F3N6O. The van der Waals surface area contributed by atoms with E-state index in [1.165, 1.54) is 11.1 Å². The van der Waals surface area contributed by atoms with Gasteiger partial charge in [0.2, 0.25) is 0 Å². The molecule has 3 N–H and O–H groups in total. The monoisotopic (exact) mass is 394 g/mol. The number of hydrogen-bond donors (Lipinski definition) is 3. The van der Waals surface area contributed by atoms with Crippen LogP contribution in [0.15, 0.2) is 18.5 Å². The number of rotatable bonds is 4. The van der Waals surface area contributed by atoms with Gasteiger partial charge in [-0.3, -0.25) is 0 Å². The molecule has 0 spiro atoms. The number of halogens is 3. The normalized spacial score (nSPS) is 19.8. The molecule has 1 unspecified atom stereocenters. The van der Waals surface area contributed by atoms with Crippen molar-refractivity contribution < 1.29 is 18.0 Å². The van der Waals surface area contributed by atoms with Gasteiger partial charge >= 0.3 is 12.2 Å². The van der Waals surface area contributed by atoms with Gasteiger partial charge in [-0.2, -0.15) is 18.4 Å². The number of nitrogens with one attached hydrogen (secondary N) is 3. The van der Waals surface area contributed by atoms with Crippen molar-refractivity contribution in [3.05, 3.63) is 24.0 Å². The lowest BCUT2D eigenvalue weighted by molar-refractivity contribution is -0.123. The van der Waals surface area contributed by atoms with Crippen molar-refractivity contribution in [2.24, 2.45) is 11.8 Å². The Labute approximate surface area is 159 Å². The van der Waals surface area contributed by atoms with Crippen LogP contribution in [0.25, 0.3) is 11.0 Å². The van der Waals surface area contributed by atoms with E-state index in [4.69, 9.17) is 0 Å². The fourth-order valence-electron chi connectivity index (χ4n) is 3.54. The Bertz CT molecular complexity index is 901. The second-order valence-electron chi connectivity index (χ2n) is 7.24. The summed E-state index contributed by atoms with van der Waals surface area (Å²) in [4.78, 5) is 20.7. The number of carbonyl (C=O) groups excluding carboxylic acids is 1. The number of fused-ring (bicyclic) bond motifs is 1. The summed E-state index contributed by atoms with van der Waals surface area (Å²) in [7, 11) is 0. The first kappa shape index (κ1) is 19.8. The number of anilines is 1. The summed E-state index contributed by atoms with van der Waals surface area (Å²) in [5.74, 6) is 0.206. The van der Waals surface area contributed by atoms with Crippen molar-refractivity contribution in [1.29, 1.82) is 5.26 Å². The molecule has 0 aromatic carbocycles. The molecule has 1 fully saturated rings. The first-order valence-corrected chi connectivity index (χ1v) is 8.92. The Morgan fingerprint density at radius 3 is 2.86 bits per heavy atom. The molecule has 7 nitrogen and oxygen atoms in total. The van der Waals surface area contributed by atoms with Crippen LogP contribution in [0, 0.1) is 23.2 Å². The zero-order chi connectivity index (χ0) is 20.5. The lowest BCUT2D eigenvalue weighted by Gasteiger charge is -2.24. The molecule has 3 rings (SSSR count). The second-order valence-corrected chi connectivity index (χ2v) is 7.24. The Balaban J connectivity index is 1.81. The van der Waals surface area contributed by atoms with Gasteiger partial charge in [-0.1, -0.05) is 13.8 Å². The van der Waals surface area contributed by atoms with Crippen LogP contribution in [0.2, 0.25) is 0 Å². The van der Waals surface area contributed by atoms with Crippen molar-refractivity contribution in [2.75, 3.05) is 25.0 Å². The van der Waals surface area contributed by atoms with E-state index in [1.54, 1.807) is 12.3 Å². The maximum atomic E-state index is 12.4. The van der Waals surface area contributed by atoms with Crippen molar-refractivity contribution >= 4 is 22.8 Å². The maximum absolute atomic E-state index is 12.4. The Kier molecular flexibility index (Phi) is 5.36. The van der Waals surface area contributed by atoms with Gasteiger partial charge in [-0.05, 0) is 12.0 Å². The molecule has 10 heteroatoms. The minimum atomic E-state index is -4.46. The smallest absolute Gasteiger partial charge is 0.378 e. The number of aromatic amines is 1. The molecule has 1 aliphatic heterocycles. The van der Waals surface area contributed by atoms with Crippen LogP contribution in [-0.4, -0.2) is 52.8 Å². The third-order valence-electron chi connectivity index (χ3n) is 4.99. The van der Waals surface area contributed by atoms with Gasteiger partial charge in [-0.25, -0.2) is 9.78 Å². The van der Waals surface area contributed by atoms with E-state index in [2.05, 4.69) is 21.4 Å². The predicted molar refractivity (Wildman–Crippen MR) is 97.6 cm³/mol. The third-order valence-corrected chi connectivity index (χ3v) is 4.99. The van der Waals surface area contributed by atoms with Gasteiger partial charge in [0.05, 0.1) is 11.3 Å². The number of hydrogen-bond acceptors (Lipinski definition) is 4. The Morgan fingerprint density at radius 1 is 1.46 bits per heavy atom. The Morgan fingerprint density at radius 2 is 2.21 bits per heavy atom. The number of aromatic nitrogens is 2. The molecule has 0 aliphatic carbocycles. The van der Waals surface area contributed by atoms with Crippen LogP contribution in [0.4, 0.5) is 23.7 Å². The predicted octanol–water partition coefficient (Wildman–Crippen LogP) is 3.07. The number of nitrogens with zero attached hydrogens (tertiary/aromatic N) is 3. The molecule has 2 atom stereocenters. The van der Waals surface area contributed by atoms with E-state index in [9.17, 15) is 23.2 Å². The highest BCUT2D eigenvalue weighted by Crippen LogP contribution is 2.31. The highest BCUT2D eigenvalue weighted by molar-refractivity contribution is 5.92. The van der Waals surface area contributed by atoms with E-state index in [1.807, 2.05) is 19.2 Å². The minimum Gasteiger partial charge on any atom is -0.378 e. The second kappa shape index (κ2) is 7.58. The number of alkyl halides is 3. The number of H-pyrrole nitrogens is 1. The average molecular weight is 394 g/mol.